The lowest BCUT2D eigenvalue weighted by Gasteiger charge is -2.19. The van der Waals surface area contributed by atoms with E-state index in [0.29, 0.717) is 13.0 Å². The van der Waals surface area contributed by atoms with Crippen molar-refractivity contribution in [1.29, 1.82) is 0 Å². The molecule has 1 saturated heterocycles. The Hall–Kier alpha value is -2.82. The molecule has 0 spiro atoms. The average Bonchev–Trinajstić information content (AvgIpc) is 3.01. The number of rotatable bonds is 6. The predicted octanol–water partition coefficient (Wildman–Crippen LogP) is 3.11. The van der Waals surface area contributed by atoms with Gasteiger partial charge >= 0.3 is 6.03 Å². The summed E-state index contributed by atoms with van der Waals surface area (Å²) in [5.41, 5.74) is 2.14. The molecule has 2 atom stereocenters. The molecule has 26 heavy (non-hydrogen) atoms. The third kappa shape index (κ3) is 4.85. The van der Waals surface area contributed by atoms with Crippen molar-refractivity contribution in [3.63, 3.8) is 0 Å². The molecule has 3 rings (SSSR count). The van der Waals surface area contributed by atoms with Gasteiger partial charge in [0, 0.05) is 24.7 Å². The van der Waals surface area contributed by atoms with Crippen LogP contribution in [-0.2, 0) is 11.2 Å². The summed E-state index contributed by atoms with van der Waals surface area (Å²) in [6.45, 7) is 2.51. The molecule has 5 nitrogen and oxygen atoms in total. The number of urea groups is 1. The fourth-order valence-corrected chi connectivity index (χ4v) is 3.21. The molecule has 5 heteroatoms. The zero-order chi connectivity index (χ0) is 18.4. The minimum atomic E-state index is -0.210. The minimum absolute atomic E-state index is 0.0404. The standard InChI is InChI=1S/C21H25N3O2/c1-16(12-13-17-8-4-2-5-9-17)22-21(26)23-18-14-20(25)24(15-18)19-10-6-3-7-11-19/h2-11,16,18H,12-15H2,1H3,(H2,22,23,26)/t16-,18-/m0/s1. The van der Waals surface area contributed by atoms with Crippen molar-refractivity contribution in [2.45, 2.75) is 38.3 Å². The molecule has 1 aliphatic rings. The topological polar surface area (TPSA) is 61.4 Å². The lowest BCUT2D eigenvalue weighted by Crippen LogP contribution is -2.46. The van der Waals surface area contributed by atoms with E-state index in [2.05, 4.69) is 22.8 Å². The summed E-state index contributed by atoms with van der Waals surface area (Å²) < 4.78 is 0. The summed E-state index contributed by atoms with van der Waals surface area (Å²) in [6, 6.07) is 19.5. The first-order valence-corrected chi connectivity index (χ1v) is 9.08. The van der Waals surface area contributed by atoms with Crippen LogP contribution in [0.15, 0.2) is 60.7 Å². The third-order valence-electron chi connectivity index (χ3n) is 4.61. The second kappa shape index (κ2) is 8.52. The fraction of sp³-hybridized carbons (Fsp3) is 0.333. The molecule has 0 aliphatic carbocycles. The van der Waals surface area contributed by atoms with Crippen LogP contribution in [0.25, 0.3) is 0 Å². The van der Waals surface area contributed by atoms with E-state index in [0.717, 1.165) is 18.5 Å². The Balaban J connectivity index is 1.44. The molecule has 2 N–H and O–H groups in total. The van der Waals surface area contributed by atoms with E-state index in [9.17, 15) is 9.59 Å². The zero-order valence-electron chi connectivity index (χ0n) is 15.0. The number of amides is 3. The van der Waals surface area contributed by atoms with Gasteiger partial charge < -0.3 is 15.5 Å². The molecule has 0 saturated carbocycles. The molecular formula is C21H25N3O2. The van der Waals surface area contributed by atoms with E-state index in [1.807, 2.05) is 55.5 Å². The Morgan fingerprint density at radius 3 is 2.46 bits per heavy atom. The summed E-state index contributed by atoms with van der Waals surface area (Å²) in [5.74, 6) is 0.0404. The smallest absolute Gasteiger partial charge is 0.315 e. The average molecular weight is 351 g/mol. The van der Waals surface area contributed by atoms with Gasteiger partial charge in [0.1, 0.15) is 0 Å². The quantitative estimate of drug-likeness (QED) is 0.840. The molecule has 3 amide bonds. The van der Waals surface area contributed by atoms with Crippen LogP contribution in [0.2, 0.25) is 0 Å². The molecule has 0 unspecified atom stereocenters. The highest BCUT2D eigenvalue weighted by molar-refractivity contribution is 5.96. The highest BCUT2D eigenvalue weighted by Crippen LogP contribution is 2.20. The van der Waals surface area contributed by atoms with E-state index < -0.39 is 0 Å². The number of carbonyl (C=O) groups is 2. The first-order valence-electron chi connectivity index (χ1n) is 9.08. The highest BCUT2D eigenvalue weighted by atomic mass is 16.2. The van der Waals surface area contributed by atoms with Crippen LogP contribution in [0.3, 0.4) is 0 Å². The number of aryl methyl sites for hydroxylation is 1. The van der Waals surface area contributed by atoms with Crippen molar-refractivity contribution >= 4 is 17.6 Å². The Kier molecular flexibility index (Phi) is 5.89. The van der Waals surface area contributed by atoms with Gasteiger partial charge in [-0.25, -0.2) is 4.79 Å². The highest BCUT2D eigenvalue weighted by Gasteiger charge is 2.31. The molecule has 1 fully saturated rings. The molecular weight excluding hydrogens is 326 g/mol. The summed E-state index contributed by atoms with van der Waals surface area (Å²) in [5, 5.41) is 5.89. The Morgan fingerprint density at radius 1 is 1.12 bits per heavy atom. The number of anilines is 1. The normalized spacial score (nSPS) is 17.8. The molecule has 1 heterocycles. The summed E-state index contributed by atoms with van der Waals surface area (Å²) >= 11 is 0. The maximum atomic E-state index is 12.2. The number of nitrogens with one attached hydrogen (secondary N) is 2. The molecule has 0 aromatic heterocycles. The van der Waals surface area contributed by atoms with Crippen LogP contribution in [0.4, 0.5) is 10.5 Å². The van der Waals surface area contributed by atoms with Crippen molar-refractivity contribution in [3.8, 4) is 0 Å². The Labute approximate surface area is 154 Å². The maximum absolute atomic E-state index is 12.2. The van der Waals surface area contributed by atoms with E-state index in [4.69, 9.17) is 0 Å². The van der Waals surface area contributed by atoms with Crippen molar-refractivity contribution in [2.24, 2.45) is 0 Å². The first kappa shape index (κ1) is 18.0. The maximum Gasteiger partial charge on any atom is 0.315 e. The van der Waals surface area contributed by atoms with Gasteiger partial charge in [-0.05, 0) is 37.5 Å². The minimum Gasteiger partial charge on any atom is -0.336 e. The van der Waals surface area contributed by atoms with Gasteiger partial charge in [0.05, 0.1) is 6.04 Å². The number of nitrogens with zero attached hydrogens (tertiary/aromatic N) is 1. The monoisotopic (exact) mass is 351 g/mol. The van der Waals surface area contributed by atoms with Gasteiger partial charge in [-0.15, -0.1) is 0 Å². The van der Waals surface area contributed by atoms with Crippen LogP contribution in [0.1, 0.15) is 25.3 Å². The van der Waals surface area contributed by atoms with Crippen molar-refractivity contribution in [1.82, 2.24) is 10.6 Å². The first-order chi connectivity index (χ1) is 12.6. The number of hydrogen-bond acceptors (Lipinski definition) is 2. The van der Waals surface area contributed by atoms with E-state index in [-0.39, 0.29) is 24.0 Å². The van der Waals surface area contributed by atoms with Crippen LogP contribution in [0.5, 0.6) is 0 Å². The third-order valence-corrected chi connectivity index (χ3v) is 4.61. The summed E-state index contributed by atoms with van der Waals surface area (Å²) in [7, 11) is 0. The summed E-state index contributed by atoms with van der Waals surface area (Å²) in [4.78, 5) is 26.1. The van der Waals surface area contributed by atoms with Crippen LogP contribution < -0.4 is 15.5 Å². The lowest BCUT2D eigenvalue weighted by atomic mass is 10.1. The molecule has 1 aliphatic heterocycles. The van der Waals surface area contributed by atoms with Crippen molar-refractivity contribution < 1.29 is 9.59 Å². The molecule has 136 valence electrons. The molecule has 2 aromatic carbocycles. The van der Waals surface area contributed by atoms with E-state index in [1.54, 1.807) is 4.90 Å². The second-order valence-corrected chi connectivity index (χ2v) is 6.78. The van der Waals surface area contributed by atoms with Gasteiger partial charge in [0.25, 0.3) is 0 Å². The second-order valence-electron chi connectivity index (χ2n) is 6.78. The van der Waals surface area contributed by atoms with Gasteiger partial charge in [0.2, 0.25) is 5.91 Å². The number of benzene rings is 2. The van der Waals surface area contributed by atoms with Gasteiger partial charge in [-0.3, -0.25) is 4.79 Å². The Morgan fingerprint density at radius 2 is 1.77 bits per heavy atom. The van der Waals surface area contributed by atoms with E-state index >= 15 is 0 Å². The largest absolute Gasteiger partial charge is 0.336 e. The Bertz CT molecular complexity index is 733. The van der Waals surface area contributed by atoms with Crippen molar-refractivity contribution in [2.75, 3.05) is 11.4 Å². The molecule has 2 aromatic rings. The lowest BCUT2D eigenvalue weighted by molar-refractivity contribution is -0.117. The van der Waals surface area contributed by atoms with Gasteiger partial charge in [-0.2, -0.15) is 0 Å². The van der Waals surface area contributed by atoms with Gasteiger partial charge in [0.15, 0.2) is 0 Å². The number of carbonyl (C=O) groups excluding carboxylic acids is 2. The van der Waals surface area contributed by atoms with Crippen molar-refractivity contribution in [3.05, 3.63) is 66.2 Å². The number of hydrogen-bond donors (Lipinski definition) is 2. The summed E-state index contributed by atoms with van der Waals surface area (Å²) in [6.07, 6.45) is 2.13. The number of para-hydroxylation sites is 1. The van der Waals surface area contributed by atoms with E-state index in [1.165, 1.54) is 5.56 Å². The van der Waals surface area contributed by atoms with Crippen LogP contribution in [-0.4, -0.2) is 30.6 Å². The fourth-order valence-electron chi connectivity index (χ4n) is 3.21. The van der Waals surface area contributed by atoms with Gasteiger partial charge in [-0.1, -0.05) is 48.5 Å². The predicted molar refractivity (Wildman–Crippen MR) is 103 cm³/mol. The van der Waals surface area contributed by atoms with Crippen LogP contribution >= 0.6 is 0 Å². The molecule has 0 bridgehead atoms. The SMILES string of the molecule is C[C@@H](CCc1ccccc1)NC(=O)N[C@H]1CC(=O)N(c2ccccc2)C1. The van der Waals surface area contributed by atoms with Crippen LogP contribution in [0, 0.1) is 0 Å². The zero-order valence-corrected chi connectivity index (χ0v) is 15.0. The molecule has 0 radical (unpaired) electrons.